The molecular formula is C18H37NS. The number of hydrogen-bond donors (Lipinski definition) is 1. The first-order chi connectivity index (χ1) is 9.33. The molecule has 20 heavy (non-hydrogen) atoms. The van der Waals surface area contributed by atoms with Crippen LogP contribution in [-0.2, 0) is 0 Å². The molecule has 3 unspecified atom stereocenters. The zero-order valence-electron chi connectivity index (χ0n) is 14.7. The van der Waals surface area contributed by atoms with E-state index in [0.717, 1.165) is 23.7 Å². The fraction of sp³-hybridized carbons (Fsp3) is 1.00. The van der Waals surface area contributed by atoms with Crippen LogP contribution in [0.5, 0.6) is 0 Å². The summed E-state index contributed by atoms with van der Waals surface area (Å²) >= 11 is 2.00. The molecule has 0 amide bonds. The van der Waals surface area contributed by atoms with Gasteiger partial charge < -0.3 is 5.32 Å². The second-order valence-corrected chi connectivity index (χ2v) is 9.09. The predicted octanol–water partition coefficient (Wildman–Crippen LogP) is 5.21. The van der Waals surface area contributed by atoms with Crippen molar-refractivity contribution >= 4 is 11.8 Å². The number of nitrogens with one attached hydrogen (secondary N) is 1. The van der Waals surface area contributed by atoms with E-state index in [1.165, 1.54) is 44.4 Å². The summed E-state index contributed by atoms with van der Waals surface area (Å²) in [5, 5.41) is 3.75. The molecule has 1 aliphatic rings. The molecular weight excluding hydrogens is 262 g/mol. The summed E-state index contributed by atoms with van der Waals surface area (Å²) < 4.78 is 0. The molecule has 0 aromatic heterocycles. The van der Waals surface area contributed by atoms with Gasteiger partial charge in [0.1, 0.15) is 0 Å². The van der Waals surface area contributed by atoms with E-state index < -0.39 is 0 Å². The Morgan fingerprint density at radius 1 is 1.15 bits per heavy atom. The smallest absolute Gasteiger partial charge is 0.00966 e. The summed E-state index contributed by atoms with van der Waals surface area (Å²) in [4.78, 5) is 0. The van der Waals surface area contributed by atoms with Gasteiger partial charge in [-0.05, 0) is 95.1 Å². The second-order valence-electron chi connectivity index (χ2n) is 8.10. The van der Waals surface area contributed by atoms with E-state index in [9.17, 15) is 0 Å². The second kappa shape index (κ2) is 8.68. The third kappa shape index (κ3) is 6.85. The minimum atomic E-state index is 0.263. The first-order valence-corrected chi connectivity index (χ1v) is 9.97. The summed E-state index contributed by atoms with van der Waals surface area (Å²) in [7, 11) is 0. The third-order valence-electron chi connectivity index (χ3n) is 4.94. The lowest BCUT2D eigenvalue weighted by molar-refractivity contribution is 0.131. The highest BCUT2D eigenvalue weighted by molar-refractivity contribution is 7.98. The number of thioether (sulfide) groups is 1. The van der Waals surface area contributed by atoms with Gasteiger partial charge in [-0.3, -0.25) is 0 Å². The first kappa shape index (κ1) is 18.4. The largest absolute Gasteiger partial charge is 0.312 e. The Morgan fingerprint density at radius 2 is 1.85 bits per heavy atom. The first-order valence-electron chi connectivity index (χ1n) is 8.57. The van der Waals surface area contributed by atoms with Crippen LogP contribution >= 0.6 is 11.8 Å². The summed E-state index contributed by atoms with van der Waals surface area (Å²) in [5.74, 6) is 5.04. The normalized spacial score (nSPS) is 28.1. The zero-order valence-corrected chi connectivity index (χ0v) is 15.5. The summed E-state index contributed by atoms with van der Waals surface area (Å²) in [5.41, 5.74) is 0.263. The monoisotopic (exact) mass is 299 g/mol. The Kier molecular flexibility index (Phi) is 7.97. The highest BCUT2D eigenvalue weighted by Crippen LogP contribution is 2.39. The topological polar surface area (TPSA) is 12.0 Å². The molecule has 3 atom stereocenters. The molecule has 0 aromatic carbocycles. The van der Waals surface area contributed by atoms with Gasteiger partial charge >= 0.3 is 0 Å². The van der Waals surface area contributed by atoms with Gasteiger partial charge in [0.2, 0.25) is 0 Å². The molecule has 2 heteroatoms. The molecule has 1 nitrogen and oxygen atoms in total. The molecule has 0 saturated heterocycles. The van der Waals surface area contributed by atoms with Crippen molar-refractivity contribution in [1.82, 2.24) is 5.32 Å². The summed E-state index contributed by atoms with van der Waals surface area (Å²) in [6, 6.07) is 0. The standard InChI is InChI=1S/C18H37NS/c1-14(2)15-9-10-17(13-19-18(3,4)5)16(12-15)8-7-11-20-6/h14-17,19H,7-13H2,1-6H3. The molecule has 1 N–H and O–H groups in total. The van der Waals surface area contributed by atoms with E-state index >= 15 is 0 Å². The summed E-state index contributed by atoms with van der Waals surface area (Å²) in [6.07, 6.45) is 9.45. The van der Waals surface area contributed by atoms with Gasteiger partial charge in [-0.25, -0.2) is 0 Å². The van der Waals surface area contributed by atoms with Crippen molar-refractivity contribution in [3.8, 4) is 0 Å². The van der Waals surface area contributed by atoms with Crippen LogP contribution in [0.3, 0.4) is 0 Å². The highest BCUT2D eigenvalue weighted by atomic mass is 32.2. The number of rotatable bonds is 7. The average Bonchev–Trinajstić information content (AvgIpc) is 2.36. The third-order valence-corrected chi connectivity index (χ3v) is 5.64. The van der Waals surface area contributed by atoms with E-state index in [-0.39, 0.29) is 5.54 Å². The van der Waals surface area contributed by atoms with Crippen LogP contribution in [0.2, 0.25) is 0 Å². The maximum absolute atomic E-state index is 3.75. The van der Waals surface area contributed by atoms with Gasteiger partial charge in [-0.2, -0.15) is 11.8 Å². The zero-order chi connectivity index (χ0) is 15.2. The van der Waals surface area contributed by atoms with Crippen LogP contribution in [0, 0.1) is 23.7 Å². The van der Waals surface area contributed by atoms with Gasteiger partial charge in [0.25, 0.3) is 0 Å². The molecule has 0 heterocycles. The minimum absolute atomic E-state index is 0.263. The van der Waals surface area contributed by atoms with Crippen molar-refractivity contribution in [3.05, 3.63) is 0 Å². The quantitative estimate of drug-likeness (QED) is 0.648. The molecule has 120 valence electrons. The van der Waals surface area contributed by atoms with Crippen LogP contribution in [-0.4, -0.2) is 24.1 Å². The molecule has 1 fully saturated rings. The fourth-order valence-electron chi connectivity index (χ4n) is 3.52. The van der Waals surface area contributed by atoms with Crippen molar-refractivity contribution in [2.24, 2.45) is 23.7 Å². The van der Waals surface area contributed by atoms with Crippen LogP contribution in [0.15, 0.2) is 0 Å². The Hall–Kier alpha value is 0.310. The van der Waals surface area contributed by atoms with Gasteiger partial charge in [0.05, 0.1) is 0 Å². The van der Waals surface area contributed by atoms with E-state index in [0.29, 0.717) is 0 Å². The van der Waals surface area contributed by atoms with Gasteiger partial charge in [-0.15, -0.1) is 0 Å². The van der Waals surface area contributed by atoms with Gasteiger partial charge in [-0.1, -0.05) is 13.8 Å². The lowest BCUT2D eigenvalue weighted by atomic mass is 9.69. The highest BCUT2D eigenvalue weighted by Gasteiger charge is 2.31. The molecule has 1 aliphatic carbocycles. The van der Waals surface area contributed by atoms with E-state index in [4.69, 9.17) is 0 Å². The van der Waals surface area contributed by atoms with E-state index in [2.05, 4.69) is 46.2 Å². The Morgan fingerprint density at radius 3 is 2.40 bits per heavy atom. The molecule has 0 aromatic rings. The van der Waals surface area contributed by atoms with E-state index in [1.807, 2.05) is 11.8 Å². The van der Waals surface area contributed by atoms with Crippen LogP contribution in [0.25, 0.3) is 0 Å². The number of hydrogen-bond acceptors (Lipinski definition) is 2. The Bertz CT molecular complexity index is 257. The molecule has 0 spiro atoms. The molecule has 0 bridgehead atoms. The van der Waals surface area contributed by atoms with E-state index in [1.54, 1.807) is 0 Å². The van der Waals surface area contributed by atoms with Crippen molar-refractivity contribution in [2.75, 3.05) is 18.6 Å². The van der Waals surface area contributed by atoms with Crippen LogP contribution < -0.4 is 5.32 Å². The average molecular weight is 300 g/mol. The van der Waals surface area contributed by atoms with Crippen LogP contribution in [0.4, 0.5) is 0 Å². The molecule has 1 saturated carbocycles. The maximum atomic E-state index is 3.75. The lowest BCUT2D eigenvalue weighted by Crippen LogP contribution is -2.42. The fourth-order valence-corrected chi connectivity index (χ4v) is 3.97. The van der Waals surface area contributed by atoms with Crippen molar-refractivity contribution < 1.29 is 0 Å². The van der Waals surface area contributed by atoms with Crippen molar-refractivity contribution in [3.63, 3.8) is 0 Å². The predicted molar refractivity (Wildman–Crippen MR) is 94.5 cm³/mol. The lowest BCUT2D eigenvalue weighted by Gasteiger charge is -2.39. The van der Waals surface area contributed by atoms with Crippen molar-refractivity contribution in [2.45, 2.75) is 72.3 Å². The summed E-state index contributed by atoms with van der Waals surface area (Å²) in [6.45, 7) is 12.9. The van der Waals surface area contributed by atoms with Gasteiger partial charge in [0.15, 0.2) is 0 Å². The maximum Gasteiger partial charge on any atom is 0.00966 e. The Balaban J connectivity index is 2.51. The SMILES string of the molecule is CSCCCC1CC(C(C)C)CCC1CNC(C)(C)C. The minimum Gasteiger partial charge on any atom is -0.312 e. The Labute approximate surface area is 132 Å². The van der Waals surface area contributed by atoms with Gasteiger partial charge in [0, 0.05) is 5.54 Å². The molecule has 0 aliphatic heterocycles. The van der Waals surface area contributed by atoms with Crippen molar-refractivity contribution in [1.29, 1.82) is 0 Å². The molecule has 0 radical (unpaired) electrons. The molecule has 1 rings (SSSR count). The van der Waals surface area contributed by atoms with Crippen LogP contribution in [0.1, 0.15) is 66.7 Å².